The lowest BCUT2D eigenvalue weighted by Crippen LogP contribution is -2.52. The van der Waals surface area contributed by atoms with Gasteiger partial charge in [0, 0.05) is 24.0 Å². The number of rotatable bonds is 10. The lowest BCUT2D eigenvalue weighted by atomic mass is 10.0. The van der Waals surface area contributed by atoms with Crippen LogP contribution >= 0.6 is 11.6 Å². The minimum Gasteiger partial charge on any atom is -0.483 e. The standard InChI is InChI=1S/C29H33ClN2O3/c1-20(2)31-29(34)26(17-23-10-6-5-7-11-23)32(18-24-12-8-9-13-25(24)30)28(33)19-35-27-16-21(3)14-15-22(27)4/h5-16,20,26H,17-19H2,1-4H3,(H,31,34)/t26-/m0/s1. The van der Waals surface area contributed by atoms with Gasteiger partial charge in [-0.1, -0.05) is 72.3 Å². The van der Waals surface area contributed by atoms with Gasteiger partial charge in [-0.25, -0.2) is 0 Å². The summed E-state index contributed by atoms with van der Waals surface area (Å²) in [7, 11) is 0. The number of nitrogens with zero attached hydrogens (tertiary/aromatic N) is 1. The van der Waals surface area contributed by atoms with E-state index in [4.69, 9.17) is 16.3 Å². The molecule has 0 unspecified atom stereocenters. The molecule has 1 atom stereocenters. The Hall–Kier alpha value is -3.31. The van der Waals surface area contributed by atoms with Crippen LogP contribution in [-0.2, 0) is 22.6 Å². The maximum absolute atomic E-state index is 13.6. The zero-order valence-electron chi connectivity index (χ0n) is 20.8. The molecule has 2 amide bonds. The molecule has 0 bridgehead atoms. The van der Waals surface area contributed by atoms with Gasteiger partial charge in [-0.05, 0) is 62.1 Å². The molecule has 5 nitrogen and oxygen atoms in total. The number of halogens is 1. The zero-order chi connectivity index (χ0) is 25.4. The van der Waals surface area contributed by atoms with Crippen LogP contribution in [0.4, 0.5) is 0 Å². The Bertz CT molecular complexity index is 1150. The van der Waals surface area contributed by atoms with Gasteiger partial charge in [-0.15, -0.1) is 0 Å². The molecule has 3 aromatic rings. The van der Waals surface area contributed by atoms with Gasteiger partial charge in [0.1, 0.15) is 11.8 Å². The number of carbonyl (C=O) groups is 2. The van der Waals surface area contributed by atoms with Crippen molar-refractivity contribution in [1.29, 1.82) is 0 Å². The van der Waals surface area contributed by atoms with Gasteiger partial charge in [-0.3, -0.25) is 9.59 Å². The first-order valence-electron chi connectivity index (χ1n) is 11.8. The molecule has 3 aromatic carbocycles. The van der Waals surface area contributed by atoms with Crippen molar-refractivity contribution in [2.24, 2.45) is 0 Å². The van der Waals surface area contributed by atoms with Crippen molar-refractivity contribution in [2.45, 2.75) is 52.7 Å². The van der Waals surface area contributed by atoms with Crippen molar-refractivity contribution in [3.63, 3.8) is 0 Å². The number of benzene rings is 3. The Labute approximate surface area is 213 Å². The van der Waals surface area contributed by atoms with E-state index < -0.39 is 6.04 Å². The fraction of sp³-hybridized carbons (Fsp3) is 0.310. The molecule has 0 aliphatic carbocycles. The van der Waals surface area contributed by atoms with Gasteiger partial charge in [0.25, 0.3) is 5.91 Å². The van der Waals surface area contributed by atoms with Crippen LogP contribution in [0.3, 0.4) is 0 Å². The molecule has 0 saturated heterocycles. The molecule has 0 spiro atoms. The molecule has 184 valence electrons. The van der Waals surface area contributed by atoms with Gasteiger partial charge < -0.3 is 15.0 Å². The number of ether oxygens (including phenoxy) is 1. The highest BCUT2D eigenvalue weighted by molar-refractivity contribution is 6.31. The Kier molecular flexibility index (Phi) is 9.32. The topological polar surface area (TPSA) is 58.6 Å². The number of nitrogens with one attached hydrogen (secondary N) is 1. The molecule has 0 aliphatic heterocycles. The van der Waals surface area contributed by atoms with Gasteiger partial charge in [0.05, 0.1) is 0 Å². The fourth-order valence-electron chi connectivity index (χ4n) is 3.83. The monoisotopic (exact) mass is 492 g/mol. The van der Waals surface area contributed by atoms with E-state index in [1.165, 1.54) is 0 Å². The lowest BCUT2D eigenvalue weighted by Gasteiger charge is -2.32. The Balaban J connectivity index is 1.94. The minimum atomic E-state index is -0.731. The van der Waals surface area contributed by atoms with Gasteiger partial charge in [0.15, 0.2) is 6.61 Å². The van der Waals surface area contributed by atoms with Crippen LogP contribution in [0.5, 0.6) is 5.75 Å². The third-order valence-corrected chi connectivity index (χ3v) is 6.06. The Morgan fingerprint density at radius 1 is 0.971 bits per heavy atom. The quantitative estimate of drug-likeness (QED) is 0.406. The van der Waals surface area contributed by atoms with Crippen molar-refractivity contribution in [3.05, 3.63) is 100 Å². The summed E-state index contributed by atoms with van der Waals surface area (Å²) in [6.07, 6.45) is 0.374. The molecule has 0 aromatic heterocycles. The second-order valence-electron chi connectivity index (χ2n) is 9.04. The Morgan fingerprint density at radius 2 is 1.66 bits per heavy atom. The maximum Gasteiger partial charge on any atom is 0.261 e. The summed E-state index contributed by atoms with van der Waals surface area (Å²) < 4.78 is 5.93. The summed E-state index contributed by atoms with van der Waals surface area (Å²) in [6.45, 7) is 7.73. The first-order chi connectivity index (χ1) is 16.7. The lowest BCUT2D eigenvalue weighted by molar-refractivity contribution is -0.143. The van der Waals surface area contributed by atoms with E-state index in [0.29, 0.717) is 17.2 Å². The highest BCUT2D eigenvalue weighted by Crippen LogP contribution is 2.22. The molecule has 35 heavy (non-hydrogen) atoms. The van der Waals surface area contributed by atoms with Gasteiger partial charge >= 0.3 is 0 Å². The van der Waals surface area contributed by atoms with Crippen LogP contribution in [0.1, 0.15) is 36.1 Å². The van der Waals surface area contributed by atoms with Crippen molar-refractivity contribution >= 4 is 23.4 Å². The number of hydrogen-bond acceptors (Lipinski definition) is 3. The number of aryl methyl sites for hydroxylation is 2. The van der Waals surface area contributed by atoms with Crippen LogP contribution < -0.4 is 10.1 Å². The highest BCUT2D eigenvalue weighted by Gasteiger charge is 2.31. The fourth-order valence-corrected chi connectivity index (χ4v) is 4.03. The normalized spacial score (nSPS) is 11.7. The molecule has 0 aliphatic rings. The van der Waals surface area contributed by atoms with E-state index in [1.807, 2.05) is 94.4 Å². The summed E-state index contributed by atoms with van der Waals surface area (Å²) >= 11 is 6.44. The summed E-state index contributed by atoms with van der Waals surface area (Å²) in [5.41, 5.74) is 3.72. The molecule has 0 saturated carbocycles. The third kappa shape index (κ3) is 7.59. The van der Waals surface area contributed by atoms with Crippen molar-refractivity contribution < 1.29 is 14.3 Å². The summed E-state index contributed by atoms with van der Waals surface area (Å²) in [4.78, 5) is 28.6. The molecule has 0 fully saturated rings. The van der Waals surface area contributed by atoms with Crippen LogP contribution in [0.25, 0.3) is 0 Å². The number of hydrogen-bond donors (Lipinski definition) is 1. The number of amides is 2. The number of carbonyl (C=O) groups excluding carboxylic acids is 2. The van der Waals surface area contributed by atoms with Crippen LogP contribution in [-0.4, -0.2) is 35.4 Å². The van der Waals surface area contributed by atoms with Crippen LogP contribution in [0, 0.1) is 13.8 Å². The average Bonchev–Trinajstić information content (AvgIpc) is 2.83. The van der Waals surface area contributed by atoms with Gasteiger partial charge in [-0.2, -0.15) is 0 Å². The maximum atomic E-state index is 13.6. The van der Waals surface area contributed by atoms with Crippen LogP contribution in [0.2, 0.25) is 5.02 Å². The molecule has 3 rings (SSSR count). The second-order valence-corrected chi connectivity index (χ2v) is 9.45. The molecule has 6 heteroatoms. The SMILES string of the molecule is Cc1ccc(C)c(OCC(=O)N(Cc2ccccc2Cl)[C@@H](Cc2ccccc2)C(=O)NC(C)C)c1. The largest absolute Gasteiger partial charge is 0.483 e. The second kappa shape index (κ2) is 12.4. The van der Waals surface area contributed by atoms with E-state index in [0.717, 1.165) is 22.3 Å². The van der Waals surface area contributed by atoms with Crippen LogP contribution in [0.15, 0.2) is 72.8 Å². The Morgan fingerprint density at radius 3 is 2.34 bits per heavy atom. The molecule has 1 N–H and O–H groups in total. The summed E-state index contributed by atoms with van der Waals surface area (Å²) in [5.74, 6) is 0.156. The van der Waals surface area contributed by atoms with Crippen molar-refractivity contribution in [1.82, 2.24) is 10.2 Å². The van der Waals surface area contributed by atoms with E-state index in [9.17, 15) is 9.59 Å². The predicted octanol–water partition coefficient (Wildman–Crippen LogP) is 5.50. The third-order valence-electron chi connectivity index (χ3n) is 5.70. The molecular formula is C29H33ClN2O3. The molecule has 0 radical (unpaired) electrons. The van der Waals surface area contributed by atoms with E-state index in [1.54, 1.807) is 11.0 Å². The first kappa shape index (κ1) is 26.3. The average molecular weight is 493 g/mol. The predicted molar refractivity (Wildman–Crippen MR) is 141 cm³/mol. The van der Waals surface area contributed by atoms with Crippen molar-refractivity contribution in [3.8, 4) is 5.75 Å². The van der Waals surface area contributed by atoms with Gasteiger partial charge in [0.2, 0.25) is 5.91 Å². The molecular weight excluding hydrogens is 460 g/mol. The highest BCUT2D eigenvalue weighted by atomic mass is 35.5. The molecule has 0 heterocycles. The van der Waals surface area contributed by atoms with E-state index >= 15 is 0 Å². The first-order valence-corrected chi connectivity index (χ1v) is 12.2. The van der Waals surface area contributed by atoms with Crippen molar-refractivity contribution in [2.75, 3.05) is 6.61 Å². The summed E-state index contributed by atoms with van der Waals surface area (Å²) in [6, 6.07) is 22.1. The summed E-state index contributed by atoms with van der Waals surface area (Å²) in [5, 5.41) is 3.53. The smallest absolute Gasteiger partial charge is 0.261 e. The minimum absolute atomic E-state index is 0.0655. The van der Waals surface area contributed by atoms with E-state index in [2.05, 4.69) is 5.32 Å². The van der Waals surface area contributed by atoms with E-state index in [-0.39, 0.29) is 31.0 Å². The zero-order valence-corrected chi connectivity index (χ0v) is 21.5.